The molecule has 0 saturated heterocycles. The second-order valence-electron chi connectivity index (χ2n) is 8.47. The van der Waals surface area contributed by atoms with Crippen molar-refractivity contribution in [1.29, 1.82) is 0 Å². The lowest BCUT2D eigenvalue weighted by atomic mass is 10.1. The van der Waals surface area contributed by atoms with Gasteiger partial charge in [-0.15, -0.1) is 0 Å². The van der Waals surface area contributed by atoms with E-state index in [1.165, 1.54) is 28.8 Å². The van der Waals surface area contributed by atoms with Crippen LogP contribution in [-0.2, 0) is 17.7 Å². The second-order valence-corrected chi connectivity index (χ2v) is 9.72. The Bertz CT molecular complexity index is 1670. The lowest BCUT2D eigenvalue weighted by Gasteiger charge is -2.23. The third-order valence-electron chi connectivity index (χ3n) is 5.91. The zero-order valence-electron chi connectivity index (χ0n) is 20.5. The minimum Gasteiger partial charge on any atom is -0.452 e. The monoisotopic (exact) mass is 642 g/mol. The summed E-state index contributed by atoms with van der Waals surface area (Å²) in [6.07, 6.45) is 0.417. The predicted molar refractivity (Wildman–Crippen MR) is 150 cm³/mol. The Hall–Kier alpha value is -4.40. The van der Waals surface area contributed by atoms with Crippen LogP contribution in [0.4, 0.5) is 30.9 Å². The maximum Gasteiger partial charge on any atom is 0.414 e. The molecule has 0 spiro atoms. The van der Waals surface area contributed by atoms with Crippen LogP contribution in [0.3, 0.4) is 0 Å². The van der Waals surface area contributed by atoms with Crippen LogP contribution in [0.5, 0.6) is 0 Å². The van der Waals surface area contributed by atoms with Gasteiger partial charge in [0.2, 0.25) is 0 Å². The Balaban J connectivity index is 1.59. The molecule has 10 nitrogen and oxygen atoms in total. The van der Waals surface area contributed by atoms with Crippen LogP contribution in [0.2, 0.25) is 0 Å². The zero-order valence-corrected chi connectivity index (χ0v) is 22.6. The summed E-state index contributed by atoms with van der Waals surface area (Å²) in [7, 11) is 1.24. The summed E-state index contributed by atoms with van der Waals surface area (Å²) in [6, 6.07) is 15.0. The lowest BCUT2D eigenvalue weighted by Crippen LogP contribution is -2.32. The Labute approximate surface area is 234 Å². The molecule has 3 heterocycles. The Morgan fingerprint density at radius 1 is 1.08 bits per heavy atom. The highest BCUT2D eigenvalue weighted by molar-refractivity contribution is 14.1. The summed E-state index contributed by atoms with van der Waals surface area (Å²) in [6.45, 7) is 0.0906. The van der Waals surface area contributed by atoms with E-state index in [9.17, 15) is 13.6 Å². The number of nitrogens with two attached hydrogens (primary N) is 2. The second kappa shape index (κ2) is 10.8. The first-order valence-corrected chi connectivity index (χ1v) is 12.6. The molecule has 39 heavy (non-hydrogen) atoms. The van der Waals surface area contributed by atoms with Gasteiger partial charge in [-0.3, -0.25) is 4.90 Å². The highest BCUT2D eigenvalue weighted by Crippen LogP contribution is 2.32. The molecule has 5 rings (SSSR count). The standard InChI is InChI=1S/C26H21F2IN8O2/c1-39-26(38)36(13-14-6-8-17(29)9-7-14)22-23(30)33-25(34-24(22)31)37-20-11-16(27)12-32-21(20)19(35-37)10-15-4-2-3-5-18(15)28/h2-9,11-12H,10,13H2,1H3,(H4,30,31,33,34). The molecule has 2 aromatic carbocycles. The van der Waals surface area contributed by atoms with Gasteiger partial charge in [0.05, 0.1) is 31.1 Å². The van der Waals surface area contributed by atoms with E-state index in [0.29, 0.717) is 16.8 Å². The molecule has 0 aliphatic heterocycles. The van der Waals surface area contributed by atoms with E-state index >= 15 is 0 Å². The molecule has 0 unspecified atom stereocenters. The van der Waals surface area contributed by atoms with Gasteiger partial charge in [-0.2, -0.15) is 19.7 Å². The van der Waals surface area contributed by atoms with E-state index in [4.69, 9.17) is 16.2 Å². The van der Waals surface area contributed by atoms with E-state index in [1.54, 1.807) is 18.2 Å². The van der Waals surface area contributed by atoms with E-state index in [2.05, 4.69) is 42.6 Å². The van der Waals surface area contributed by atoms with Crippen molar-refractivity contribution in [3.8, 4) is 5.95 Å². The summed E-state index contributed by atoms with van der Waals surface area (Å²) in [5, 5.41) is 4.50. The predicted octanol–water partition coefficient (Wildman–Crippen LogP) is 4.62. The Morgan fingerprint density at radius 3 is 2.44 bits per heavy atom. The third-order valence-corrected chi connectivity index (χ3v) is 6.63. The fraction of sp³-hybridized carbons (Fsp3) is 0.115. The zero-order chi connectivity index (χ0) is 27.7. The number of halogens is 3. The molecule has 0 aliphatic rings. The van der Waals surface area contributed by atoms with Crippen molar-refractivity contribution < 1.29 is 18.3 Å². The van der Waals surface area contributed by atoms with Crippen molar-refractivity contribution in [3.63, 3.8) is 0 Å². The number of ether oxygens (including phenoxy) is 1. The van der Waals surface area contributed by atoms with Crippen LogP contribution in [0, 0.1) is 15.2 Å². The molecule has 13 heteroatoms. The summed E-state index contributed by atoms with van der Waals surface area (Å²) in [4.78, 5) is 26.7. The first kappa shape index (κ1) is 26.2. The van der Waals surface area contributed by atoms with E-state index in [0.717, 1.165) is 15.3 Å². The number of hydrogen-bond acceptors (Lipinski definition) is 8. The fourth-order valence-corrected chi connectivity index (χ4v) is 4.45. The largest absolute Gasteiger partial charge is 0.452 e. The van der Waals surface area contributed by atoms with E-state index in [-0.39, 0.29) is 41.8 Å². The molecule has 198 valence electrons. The van der Waals surface area contributed by atoms with Crippen molar-refractivity contribution in [2.24, 2.45) is 0 Å². The first-order valence-electron chi connectivity index (χ1n) is 11.5. The van der Waals surface area contributed by atoms with Crippen molar-refractivity contribution >= 4 is 57.0 Å². The van der Waals surface area contributed by atoms with Crippen LogP contribution in [0.1, 0.15) is 16.8 Å². The molecule has 3 aromatic heterocycles. The smallest absolute Gasteiger partial charge is 0.414 e. The topological polar surface area (TPSA) is 138 Å². The average Bonchev–Trinajstić information content (AvgIpc) is 3.26. The summed E-state index contributed by atoms with van der Waals surface area (Å²) in [5.41, 5.74) is 14.8. The summed E-state index contributed by atoms with van der Waals surface area (Å²) >= 11 is 2.18. The third kappa shape index (κ3) is 5.30. The van der Waals surface area contributed by atoms with Gasteiger partial charge in [0.15, 0.2) is 11.6 Å². The molecule has 0 radical (unpaired) electrons. The maximum absolute atomic E-state index is 14.3. The SMILES string of the molecule is COC(=O)N(Cc1ccc(I)cc1)c1c(N)nc(-n2nc(Cc3ccccc3F)c3ncc(F)cc32)nc1N. The Kier molecular flexibility index (Phi) is 7.24. The van der Waals surface area contributed by atoms with Crippen LogP contribution >= 0.6 is 22.6 Å². The molecule has 0 atom stereocenters. The molecule has 0 fully saturated rings. The number of nitrogens with zero attached hydrogens (tertiary/aromatic N) is 6. The number of methoxy groups -OCH3 is 1. The minimum absolute atomic E-state index is 0.0523. The van der Waals surface area contributed by atoms with Gasteiger partial charge >= 0.3 is 6.09 Å². The number of pyridine rings is 1. The number of rotatable bonds is 6. The molecule has 4 N–H and O–H groups in total. The summed E-state index contributed by atoms with van der Waals surface area (Å²) < 4.78 is 35.8. The van der Waals surface area contributed by atoms with Crippen LogP contribution < -0.4 is 16.4 Å². The van der Waals surface area contributed by atoms with Crippen LogP contribution in [0.15, 0.2) is 60.8 Å². The van der Waals surface area contributed by atoms with E-state index in [1.807, 2.05) is 24.3 Å². The maximum atomic E-state index is 14.3. The van der Waals surface area contributed by atoms with Crippen LogP contribution in [-0.4, -0.2) is 37.9 Å². The molecule has 5 aromatic rings. The van der Waals surface area contributed by atoms with Gasteiger partial charge in [0, 0.05) is 16.1 Å². The first-order chi connectivity index (χ1) is 18.7. The quantitative estimate of drug-likeness (QED) is 0.256. The number of amides is 1. The van der Waals surface area contributed by atoms with Gasteiger partial charge in [-0.25, -0.2) is 18.6 Å². The average molecular weight is 642 g/mol. The number of fused-ring (bicyclic) bond motifs is 1. The lowest BCUT2D eigenvalue weighted by molar-refractivity contribution is 0.178. The fourth-order valence-electron chi connectivity index (χ4n) is 4.09. The van der Waals surface area contributed by atoms with Crippen LogP contribution in [0.25, 0.3) is 17.0 Å². The molecule has 0 bridgehead atoms. The number of carbonyl (C=O) groups excluding carboxylic acids is 1. The Morgan fingerprint density at radius 2 is 1.77 bits per heavy atom. The normalized spacial score (nSPS) is 11.1. The highest BCUT2D eigenvalue weighted by atomic mass is 127. The molecule has 0 aliphatic carbocycles. The number of hydrogen-bond donors (Lipinski definition) is 2. The van der Waals surface area contributed by atoms with Crippen molar-refractivity contribution in [2.45, 2.75) is 13.0 Å². The number of carbonyl (C=O) groups is 1. The van der Waals surface area contributed by atoms with Gasteiger partial charge in [-0.1, -0.05) is 30.3 Å². The molecule has 1 amide bonds. The molecular formula is C26H21F2IN8O2. The number of nitrogen functional groups attached to an aromatic ring is 2. The van der Waals surface area contributed by atoms with Gasteiger partial charge in [0.1, 0.15) is 22.8 Å². The van der Waals surface area contributed by atoms with Crippen molar-refractivity contribution in [1.82, 2.24) is 24.7 Å². The van der Waals surface area contributed by atoms with Crippen molar-refractivity contribution in [3.05, 3.63) is 92.8 Å². The van der Waals surface area contributed by atoms with Gasteiger partial charge in [0.25, 0.3) is 5.95 Å². The number of benzene rings is 2. The van der Waals surface area contributed by atoms with Gasteiger partial charge < -0.3 is 16.2 Å². The summed E-state index contributed by atoms with van der Waals surface area (Å²) in [5.74, 6) is -1.36. The highest BCUT2D eigenvalue weighted by Gasteiger charge is 2.26. The van der Waals surface area contributed by atoms with E-state index < -0.39 is 17.7 Å². The molecular weight excluding hydrogens is 621 g/mol. The van der Waals surface area contributed by atoms with Crippen molar-refractivity contribution in [2.75, 3.05) is 23.5 Å². The van der Waals surface area contributed by atoms with Gasteiger partial charge in [-0.05, 0) is 51.9 Å². The number of anilines is 3. The number of aromatic nitrogens is 5. The minimum atomic E-state index is -0.716. The molecule has 0 saturated carbocycles.